The van der Waals surface area contributed by atoms with Crippen LogP contribution in [0.4, 0.5) is 4.79 Å². The molecule has 1 N–H and O–H groups in total. The highest BCUT2D eigenvalue weighted by atomic mass is 16.7. The van der Waals surface area contributed by atoms with E-state index in [-0.39, 0.29) is 32.9 Å². The minimum absolute atomic E-state index is 0.0791. The molecule has 0 spiro atoms. The number of benzene rings is 1. The average Bonchev–Trinajstić information content (AvgIpc) is 3.18. The zero-order chi connectivity index (χ0) is 45.1. The number of nitrogens with zero attached hydrogens (tertiary/aromatic N) is 3. The maximum absolute atomic E-state index is 13.0. The Bertz CT molecular complexity index is 1710. The molecule has 61 heavy (non-hydrogen) atoms. The van der Waals surface area contributed by atoms with E-state index >= 15 is 0 Å². The quantitative estimate of drug-likeness (QED) is 0.0455. The fourth-order valence-electron chi connectivity index (χ4n) is 6.02. The summed E-state index contributed by atoms with van der Waals surface area (Å²) in [6.45, 7) is 4.56. The Morgan fingerprint density at radius 2 is 1.10 bits per heavy atom. The number of azide groups is 1. The van der Waals surface area contributed by atoms with Crippen LogP contribution in [0.15, 0.2) is 29.4 Å². The number of hydrogen-bond acceptors (Lipinski definition) is 21. The Hall–Kier alpha value is -5.78. The molecule has 10 atom stereocenters. The Labute approximate surface area is 349 Å². The summed E-state index contributed by atoms with van der Waals surface area (Å²) < 4.78 is 72.5. The lowest BCUT2D eigenvalue weighted by Gasteiger charge is -2.44. The predicted molar refractivity (Wildman–Crippen MR) is 199 cm³/mol. The first kappa shape index (κ1) is 49.6. The van der Waals surface area contributed by atoms with Crippen molar-refractivity contribution >= 4 is 41.9 Å². The minimum atomic E-state index is -1.50. The second-order valence-corrected chi connectivity index (χ2v) is 13.1. The van der Waals surface area contributed by atoms with Crippen molar-refractivity contribution in [3.63, 3.8) is 0 Å². The molecule has 0 bridgehead atoms. The minimum Gasteiger partial charge on any atom is -0.497 e. The lowest BCUT2D eigenvalue weighted by atomic mass is 9.98. The molecule has 0 saturated carbocycles. The summed E-state index contributed by atoms with van der Waals surface area (Å²) in [7, 11) is 1.50. The van der Waals surface area contributed by atoms with Crippen LogP contribution in [-0.2, 0) is 92.2 Å². The smallest absolute Gasteiger partial charge is 0.407 e. The first-order chi connectivity index (χ1) is 29.0. The number of carbonyl (C=O) groups is 7. The number of amides is 1. The van der Waals surface area contributed by atoms with E-state index < -0.39 is 117 Å². The van der Waals surface area contributed by atoms with Gasteiger partial charge in [0.1, 0.15) is 37.3 Å². The van der Waals surface area contributed by atoms with Crippen LogP contribution in [0, 0.1) is 0 Å². The van der Waals surface area contributed by atoms with Crippen LogP contribution in [0.25, 0.3) is 10.4 Å². The normalized spacial score (nSPS) is 25.6. The standard InChI is InChI=1S/C37H50N4O20/c1-19(42)52-17-28-30(55-20(2)43)32(57-22(4)45)34(59-24(6)47)36(61-28)50-14-12-39-37(48)54-18-27-29(53-16-25-8-10-26(49-7)11-9-25)31(56-21(3)44)33(58-23(5)46)35(60-27)51-15-13-40-41-38/h8-11,27-36H,12-18H2,1-7H3,(H,39,48)/t27-,28-,29-,30-,31+,32+,33-,34-,35-,36-/m1/s1. The van der Waals surface area contributed by atoms with Crippen LogP contribution < -0.4 is 10.1 Å². The Kier molecular flexibility index (Phi) is 20.4. The van der Waals surface area contributed by atoms with Gasteiger partial charge in [-0.15, -0.1) is 0 Å². The van der Waals surface area contributed by atoms with Gasteiger partial charge in [0.15, 0.2) is 43.1 Å². The van der Waals surface area contributed by atoms with Gasteiger partial charge in [0.2, 0.25) is 0 Å². The van der Waals surface area contributed by atoms with Crippen molar-refractivity contribution in [3.8, 4) is 5.75 Å². The van der Waals surface area contributed by atoms with E-state index in [1.807, 2.05) is 0 Å². The summed E-state index contributed by atoms with van der Waals surface area (Å²) in [5.74, 6) is -4.15. The molecule has 2 saturated heterocycles. The third kappa shape index (κ3) is 16.7. The van der Waals surface area contributed by atoms with Crippen molar-refractivity contribution in [3.05, 3.63) is 40.3 Å². The van der Waals surface area contributed by atoms with Gasteiger partial charge in [0, 0.05) is 59.5 Å². The molecule has 0 aliphatic carbocycles. The lowest BCUT2D eigenvalue weighted by molar-refractivity contribution is -0.312. The van der Waals surface area contributed by atoms with Crippen molar-refractivity contribution in [2.75, 3.05) is 46.6 Å². The number of rotatable bonds is 21. The summed E-state index contributed by atoms with van der Waals surface area (Å²) in [5.41, 5.74) is 9.35. The molecule has 1 aromatic rings. The van der Waals surface area contributed by atoms with Gasteiger partial charge >= 0.3 is 41.9 Å². The molecule has 0 radical (unpaired) electrons. The third-order valence-electron chi connectivity index (χ3n) is 8.31. The number of esters is 6. The number of methoxy groups -OCH3 is 1. The molecule has 2 fully saturated rings. The number of hydrogen-bond donors (Lipinski definition) is 1. The van der Waals surface area contributed by atoms with Crippen molar-refractivity contribution in [1.29, 1.82) is 0 Å². The van der Waals surface area contributed by atoms with Crippen molar-refractivity contribution < 1.29 is 95.1 Å². The molecular weight excluding hydrogens is 820 g/mol. The molecular formula is C37H50N4O20. The second-order valence-electron chi connectivity index (χ2n) is 13.1. The Balaban J connectivity index is 1.78. The zero-order valence-corrected chi connectivity index (χ0v) is 34.5. The summed E-state index contributed by atoms with van der Waals surface area (Å²) in [4.78, 5) is 88.1. The summed E-state index contributed by atoms with van der Waals surface area (Å²) in [6, 6.07) is 6.83. The van der Waals surface area contributed by atoms with Gasteiger partial charge in [0.25, 0.3) is 0 Å². The molecule has 0 aromatic heterocycles. The first-order valence-corrected chi connectivity index (χ1v) is 18.7. The van der Waals surface area contributed by atoms with E-state index in [1.54, 1.807) is 24.3 Å². The molecule has 1 aromatic carbocycles. The van der Waals surface area contributed by atoms with Crippen LogP contribution in [0.5, 0.6) is 5.75 Å². The van der Waals surface area contributed by atoms with Gasteiger partial charge in [-0.25, -0.2) is 4.79 Å². The van der Waals surface area contributed by atoms with E-state index in [9.17, 15) is 33.6 Å². The van der Waals surface area contributed by atoms with Crippen LogP contribution in [0.2, 0.25) is 0 Å². The number of ether oxygens (including phenoxy) is 13. The highest BCUT2D eigenvalue weighted by Crippen LogP contribution is 2.32. The molecule has 1 amide bonds. The molecule has 0 unspecified atom stereocenters. The maximum Gasteiger partial charge on any atom is 0.407 e. The fraction of sp³-hybridized carbons (Fsp3) is 0.649. The monoisotopic (exact) mass is 870 g/mol. The summed E-state index contributed by atoms with van der Waals surface area (Å²) in [6.07, 6.45) is -14.7. The lowest BCUT2D eigenvalue weighted by Crippen LogP contribution is -2.63. The predicted octanol–water partition coefficient (Wildman–Crippen LogP) is 1.32. The van der Waals surface area contributed by atoms with Gasteiger partial charge in [-0.3, -0.25) is 28.8 Å². The zero-order valence-electron chi connectivity index (χ0n) is 34.5. The van der Waals surface area contributed by atoms with Gasteiger partial charge in [0.05, 0.1) is 26.9 Å². The maximum atomic E-state index is 13.0. The van der Waals surface area contributed by atoms with Crippen molar-refractivity contribution in [2.45, 2.75) is 110 Å². The summed E-state index contributed by atoms with van der Waals surface area (Å²) in [5, 5.41) is 5.86. The van der Waals surface area contributed by atoms with Crippen LogP contribution >= 0.6 is 0 Å². The average molecular weight is 871 g/mol. The van der Waals surface area contributed by atoms with Crippen LogP contribution in [0.1, 0.15) is 47.1 Å². The highest BCUT2D eigenvalue weighted by Gasteiger charge is 2.53. The van der Waals surface area contributed by atoms with E-state index in [0.29, 0.717) is 11.3 Å². The number of carbonyl (C=O) groups excluding carboxylic acids is 7. The van der Waals surface area contributed by atoms with Crippen LogP contribution in [0.3, 0.4) is 0 Å². The SMILES string of the molecule is COc1ccc(CO[C@H]2[C@H](OC(C)=O)[C@@H](OC(C)=O)[C@H](OCCN=[N+]=[N-])O[C@@H]2COC(=O)NCCO[C@@H]2O[C@H](COC(C)=O)[C@@H](OC(C)=O)[C@H](OC(C)=O)[C@H]2OC(C)=O)cc1. The van der Waals surface area contributed by atoms with Gasteiger partial charge in [-0.05, 0) is 23.2 Å². The largest absolute Gasteiger partial charge is 0.497 e. The summed E-state index contributed by atoms with van der Waals surface area (Å²) >= 11 is 0. The molecule has 3 rings (SSSR count). The van der Waals surface area contributed by atoms with E-state index in [0.717, 1.165) is 41.5 Å². The van der Waals surface area contributed by atoms with E-state index in [1.165, 1.54) is 7.11 Å². The Morgan fingerprint density at radius 1 is 0.623 bits per heavy atom. The van der Waals surface area contributed by atoms with Gasteiger partial charge < -0.3 is 66.9 Å². The molecule has 338 valence electrons. The van der Waals surface area contributed by atoms with Crippen molar-refractivity contribution in [2.24, 2.45) is 5.11 Å². The first-order valence-electron chi connectivity index (χ1n) is 18.7. The van der Waals surface area contributed by atoms with Crippen LogP contribution in [-0.4, -0.2) is 150 Å². The van der Waals surface area contributed by atoms with E-state index in [2.05, 4.69) is 15.3 Å². The van der Waals surface area contributed by atoms with E-state index in [4.69, 9.17) is 67.1 Å². The topological polar surface area (TPSA) is 300 Å². The molecule has 2 aliphatic rings. The third-order valence-corrected chi connectivity index (χ3v) is 8.31. The fourth-order valence-corrected chi connectivity index (χ4v) is 6.02. The number of alkyl carbamates (subject to hydrolysis) is 1. The Morgan fingerprint density at radius 3 is 1.61 bits per heavy atom. The van der Waals surface area contributed by atoms with Crippen molar-refractivity contribution in [1.82, 2.24) is 5.32 Å². The molecule has 2 aliphatic heterocycles. The second kappa shape index (κ2) is 25.1. The van der Waals surface area contributed by atoms with Gasteiger partial charge in [-0.1, -0.05) is 17.2 Å². The van der Waals surface area contributed by atoms with Gasteiger partial charge in [-0.2, -0.15) is 0 Å². The molecule has 2 heterocycles. The highest BCUT2D eigenvalue weighted by molar-refractivity contribution is 5.69. The molecule has 24 heteroatoms. The molecule has 24 nitrogen and oxygen atoms in total. The number of nitrogens with one attached hydrogen (secondary N) is 1.